The first kappa shape index (κ1) is 14.1. The molecule has 0 bridgehead atoms. The zero-order chi connectivity index (χ0) is 14.0. The van der Waals surface area contributed by atoms with Gasteiger partial charge in [0.25, 0.3) is 0 Å². The van der Waals surface area contributed by atoms with Crippen LogP contribution in [0.2, 0.25) is 5.28 Å². The number of rotatable bonds is 3. The Bertz CT molecular complexity index is 636. The largest absolute Gasteiger partial charge is 0.292 e. The summed E-state index contributed by atoms with van der Waals surface area (Å²) < 4.78 is 13.9. The number of halogens is 3. The molecule has 1 aromatic heterocycles. The lowest BCUT2D eigenvalue weighted by Crippen LogP contribution is -2.11. The van der Waals surface area contributed by atoms with Crippen LogP contribution in [-0.4, -0.2) is 15.8 Å². The van der Waals surface area contributed by atoms with E-state index in [2.05, 4.69) is 25.9 Å². The molecule has 3 nitrogen and oxygen atoms in total. The Balaban J connectivity index is 2.36. The number of carbonyl (C=O) groups is 1. The molecule has 1 atom stereocenters. The van der Waals surface area contributed by atoms with Crippen LogP contribution in [0.5, 0.6) is 0 Å². The molecule has 0 aliphatic heterocycles. The van der Waals surface area contributed by atoms with Crippen molar-refractivity contribution < 1.29 is 9.18 Å². The highest BCUT2D eigenvalue weighted by Crippen LogP contribution is 2.27. The second kappa shape index (κ2) is 5.75. The molecule has 0 spiro atoms. The molecule has 98 valence electrons. The zero-order valence-corrected chi connectivity index (χ0v) is 12.2. The first-order valence-electron chi connectivity index (χ1n) is 5.42. The van der Waals surface area contributed by atoms with E-state index < -0.39 is 16.4 Å². The molecule has 0 aliphatic rings. The van der Waals surface area contributed by atoms with Crippen LogP contribution in [-0.2, 0) is 0 Å². The van der Waals surface area contributed by atoms with Gasteiger partial charge < -0.3 is 0 Å². The molecular formula is C13H9BrClFN2O. The van der Waals surface area contributed by atoms with Crippen molar-refractivity contribution in [3.63, 3.8) is 0 Å². The van der Waals surface area contributed by atoms with Gasteiger partial charge in [-0.25, -0.2) is 14.4 Å². The SMILES string of the molecule is Cc1cccc(C(=O)C(Br)c2ccnc(Cl)n2)c1F. The van der Waals surface area contributed by atoms with E-state index in [-0.39, 0.29) is 10.8 Å². The van der Waals surface area contributed by atoms with Crippen molar-refractivity contribution in [2.45, 2.75) is 11.8 Å². The van der Waals surface area contributed by atoms with Crippen LogP contribution in [0.1, 0.15) is 26.4 Å². The highest BCUT2D eigenvalue weighted by Gasteiger charge is 2.23. The van der Waals surface area contributed by atoms with Crippen molar-refractivity contribution in [3.8, 4) is 0 Å². The van der Waals surface area contributed by atoms with E-state index in [0.29, 0.717) is 11.3 Å². The van der Waals surface area contributed by atoms with Crippen LogP contribution in [0, 0.1) is 12.7 Å². The summed E-state index contributed by atoms with van der Waals surface area (Å²) >= 11 is 8.88. The van der Waals surface area contributed by atoms with Crippen molar-refractivity contribution in [1.82, 2.24) is 9.97 Å². The summed E-state index contributed by atoms with van der Waals surface area (Å²) in [5, 5.41) is 0.0412. The molecule has 0 fully saturated rings. The highest BCUT2D eigenvalue weighted by atomic mass is 79.9. The van der Waals surface area contributed by atoms with Crippen molar-refractivity contribution in [2.75, 3.05) is 0 Å². The maximum Gasteiger partial charge on any atom is 0.222 e. The van der Waals surface area contributed by atoms with Crippen molar-refractivity contribution >= 4 is 33.3 Å². The minimum atomic E-state index is -0.760. The Morgan fingerprint density at radius 1 is 1.42 bits per heavy atom. The fraction of sp³-hybridized carbons (Fsp3) is 0.154. The van der Waals surface area contributed by atoms with Crippen LogP contribution in [0.4, 0.5) is 4.39 Å². The number of aromatic nitrogens is 2. The predicted molar refractivity (Wildman–Crippen MR) is 74.2 cm³/mol. The number of aryl methyl sites for hydroxylation is 1. The molecule has 0 saturated heterocycles. The van der Waals surface area contributed by atoms with Gasteiger partial charge in [-0.2, -0.15) is 0 Å². The van der Waals surface area contributed by atoms with Gasteiger partial charge in [0.2, 0.25) is 5.28 Å². The molecule has 0 radical (unpaired) electrons. The minimum absolute atomic E-state index is 0.0246. The van der Waals surface area contributed by atoms with Gasteiger partial charge in [-0.15, -0.1) is 0 Å². The lowest BCUT2D eigenvalue weighted by molar-refractivity contribution is 0.0986. The van der Waals surface area contributed by atoms with E-state index in [9.17, 15) is 9.18 Å². The van der Waals surface area contributed by atoms with Crippen LogP contribution in [0.15, 0.2) is 30.5 Å². The van der Waals surface area contributed by atoms with Crippen molar-refractivity contribution in [1.29, 1.82) is 0 Å². The summed E-state index contributed by atoms with van der Waals surface area (Å²) in [7, 11) is 0. The molecule has 1 heterocycles. The second-order valence-electron chi connectivity index (χ2n) is 3.91. The third kappa shape index (κ3) is 2.98. The van der Waals surface area contributed by atoms with Crippen LogP contribution >= 0.6 is 27.5 Å². The summed E-state index contributed by atoms with van der Waals surface area (Å²) in [6.07, 6.45) is 1.44. The third-order valence-corrected chi connectivity index (χ3v) is 3.66. The molecule has 2 rings (SSSR count). The summed E-state index contributed by atoms with van der Waals surface area (Å²) in [5.41, 5.74) is 0.841. The zero-order valence-electron chi connectivity index (χ0n) is 9.90. The fourth-order valence-corrected chi connectivity index (χ4v) is 2.25. The monoisotopic (exact) mass is 342 g/mol. The second-order valence-corrected chi connectivity index (χ2v) is 5.17. The lowest BCUT2D eigenvalue weighted by Gasteiger charge is -2.10. The molecule has 0 saturated carbocycles. The lowest BCUT2D eigenvalue weighted by atomic mass is 10.0. The summed E-state index contributed by atoms with van der Waals surface area (Å²) in [6, 6.07) is 6.24. The van der Waals surface area contributed by atoms with E-state index in [1.807, 2.05) is 0 Å². The van der Waals surface area contributed by atoms with E-state index in [1.54, 1.807) is 25.1 Å². The predicted octanol–water partition coefficient (Wildman–Crippen LogP) is 3.90. The number of Topliss-reactive ketones (excluding diaryl/α,β-unsaturated/α-hetero) is 1. The van der Waals surface area contributed by atoms with Gasteiger partial charge in [0.1, 0.15) is 10.6 Å². The number of hydrogen-bond acceptors (Lipinski definition) is 3. The van der Waals surface area contributed by atoms with Gasteiger partial charge in [-0.1, -0.05) is 28.1 Å². The molecule has 0 amide bonds. The number of nitrogens with zero attached hydrogens (tertiary/aromatic N) is 2. The molecular weight excluding hydrogens is 335 g/mol. The Labute approximate surface area is 123 Å². The van der Waals surface area contributed by atoms with E-state index in [0.717, 1.165) is 0 Å². The summed E-state index contributed by atoms with van der Waals surface area (Å²) in [6.45, 7) is 1.61. The molecule has 0 aliphatic carbocycles. The number of benzene rings is 1. The Hall–Kier alpha value is -1.33. The molecule has 19 heavy (non-hydrogen) atoms. The number of ketones is 1. The highest BCUT2D eigenvalue weighted by molar-refractivity contribution is 9.09. The maximum absolute atomic E-state index is 13.9. The normalized spacial score (nSPS) is 12.2. The van der Waals surface area contributed by atoms with E-state index in [4.69, 9.17) is 11.6 Å². The average molecular weight is 344 g/mol. The van der Waals surface area contributed by atoms with Gasteiger partial charge in [-0.3, -0.25) is 4.79 Å². The van der Waals surface area contributed by atoms with Crippen LogP contribution < -0.4 is 0 Å². The Morgan fingerprint density at radius 3 is 2.84 bits per heavy atom. The minimum Gasteiger partial charge on any atom is -0.292 e. The first-order valence-corrected chi connectivity index (χ1v) is 6.72. The smallest absolute Gasteiger partial charge is 0.222 e. The van der Waals surface area contributed by atoms with Gasteiger partial charge in [0.15, 0.2) is 5.78 Å². The van der Waals surface area contributed by atoms with Crippen molar-refractivity contribution in [3.05, 3.63) is 58.4 Å². The average Bonchev–Trinajstić information content (AvgIpc) is 2.40. The quantitative estimate of drug-likeness (QED) is 0.482. The molecule has 2 aromatic rings. The number of alkyl halides is 1. The third-order valence-electron chi connectivity index (χ3n) is 2.59. The number of hydrogen-bond donors (Lipinski definition) is 0. The first-order chi connectivity index (χ1) is 9.00. The summed E-state index contributed by atoms with van der Waals surface area (Å²) in [5.74, 6) is -0.923. The van der Waals surface area contributed by atoms with Crippen molar-refractivity contribution in [2.24, 2.45) is 0 Å². The van der Waals surface area contributed by atoms with Gasteiger partial charge in [0, 0.05) is 6.20 Å². The Kier molecular flexibility index (Phi) is 4.27. The van der Waals surface area contributed by atoms with Gasteiger partial charge in [-0.05, 0) is 36.2 Å². The summed E-state index contributed by atoms with van der Waals surface area (Å²) in [4.78, 5) is 19.1. The topological polar surface area (TPSA) is 42.9 Å². The molecule has 1 aromatic carbocycles. The van der Waals surface area contributed by atoms with Gasteiger partial charge in [0.05, 0.1) is 11.3 Å². The fourth-order valence-electron chi connectivity index (χ4n) is 1.60. The maximum atomic E-state index is 13.9. The standard InChI is InChI=1S/C13H9BrClFN2O/c1-7-3-2-4-8(11(7)16)12(19)10(14)9-5-6-17-13(15)18-9/h2-6,10H,1H3. The van der Waals surface area contributed by atoms with Crippen LogP contribution in [0.3, 0.4) is 0 Å². The molecule has 0 N–H and O–H groups in total. The number of carbonyl (C=O) groups excluding carboxylic acids is 1. The van der Waals surface area contributed by atoms with Crippen LogP contribution in [0.25, 0.3) is 0 Å². The Morgan fingerprint density at radius 2 is 2.16 bits per heavy atom. The van der Waals surface area contributed by atoms with E-state index in [1.165, 1.54) is 12.3 Å². The van der Waals surface area contributed by atoms with E-state index >= 15 is 0 Å². The van der Waals surface area contributed by atoms with Gasteiger partial charge >= 0.3 is 0 Å². The molecule has 6 heteroatoms. The molecule has 1 unspecified atom stereocenters.